The van der Waals surface area contributed by atoms with Crippen LogP contribution < -0.4 is 16.0 Å². The number of rotatable bonds is 0. The predicted octanol–water partition coefficient (Wildman–Crippen LogP) is 3.30. The fourth-order valence-corrected chi connectivity index (χ4v) is 3.27. The van der Waals surface area contributed by atoms with Gasteiger partial charge in [0.2, 0.25) is 0 Å². The van der Waals surface area contributed by atoms with Gasteiger partial charge in [-0.15, -0.1) is 0 Å². The van der Waals surface area contributed by atoms with Crippen LogP contribution in [0.25, 0.3) is 0 Å². The maximum atomic E-state index is 3.41. The summed E-state index contributed by atoms with van der Waals surface area (Å²) >= 11 is 0. The molecule has 0 aromatic heterocycles. The number of nitrogens with one attached hydrogen (secondary N) is 3. The third kappa shape index (κ3) is 10.3. The van der Waals surface area contributed by atoms with Gasteiger partial charge in [0.1, 0.15) is 0 Å². The Labute approximate surface area is 133 Å². The third-order valence-electron chi connectivity index (χ3n) is 4.75. The Morgan fingerprint density at radius 3 is 1.43 bits per heavy atom. The Bertz CT molecular complexity index is 225. The van der Waals surface area contributed by atoms with Crippen LogP contribution in [-0.4, -0.2) is 37.8 Å². The van der Waals surface area contributed by atoms with Gasteiger partial charge in [0, 0.05) is 18.1 Å². The van der Waals surface area contributed by atoms with Crippen LogP contribution >= 0.6 is 0 Å². The van der Waals surface area contributed by atoms with Crippen molar-refractivity contribution in [2.75, 3.05) is 19.6 Å². The minimum absolute atomic E-state index is 0.763. The van der Waals surface area contributed by atoms with E-state index in [4.69, 9.17) is 0 Å². The van der Waals surface area contributed by atoms with Gasteiger partial charge in [0.25, 0.3) is 0 Å². The lowest BCUT2D eigenvalue weighted by Gasteiger charge is -2.24. The van der Waals surface area contributed by atoms with Crippen LogP contribution in [0.15, 0.2) is 0 Å². The summed E-state index contributed by atoms with van der Waals surface area (Å²) in [7, 11) is 0. The summed E-state index contributed by atoms with van der Waals surface area (Å²) < 4.78 is 0. The fraction of sp³-hybridized carbons (Fsp3) is 1.00. The van der Waals surface area contributed by atoms with Crippen LogP contribution in [0, 0.1) is 5.92 Å². The molecule has 0 amide bonds. The first-order valence-electron chi connectivity index (χ1n) is 9.28. The van der Waals surface area contributed by atoms with Gasteiger partial charge in [0.15, 0.2) is 0 Å². The predicted molar refractivity (Wildman–Crippen MR) is 93.9 cm³/mol. The topological polar surface area (TPSA) is 36.1 Å². The first kappa shape index (κ1) is 18.9. The van der Waals surface area contributed by atoms with Gasteiger partial charge < -0.3 is 16.0 Å². The van der Waals surface area contributed by atoms with Crippen LogP contribution in [-0.2, 0) is 0 Å². The minimum atomic E-state index is 0.763. The van der Waals surface area contributed by atoms with E-state index in [1.807, 2.05) is 0 Å². The van der Waals surface area contributed by atoms with Crippen molar-refractivity contribution in [1.82, 2.24) is 16.0 Å². The van der Waals surface area contributed by atoms with Crippen molar-refractivity contribution < 1.29 is 0 Å². The molecule has 3 nitrogen and oxygen atoms in total. The summed E-state index contributed by atoms with van der Waals surface area (Å²) in [4.78, 5) is 0. The summed E-state index contributed by atoms with van der Waals surface area (Å²) in [6.07, 6.45) is 9.66. The molecule has 3 aliphatic rings. The molecular formula is C18H39N3. The van der Waals surface area contributed by atoms with E-state index in [9.17, 15) is 0 Å². The van der Waals surface area contributed by atoms with Crippen LogP contribution in [0.1, 0.15) is 72.6 Å². The van der Waals surface area contributed by atoms with Crippen LogP contribution in [0.3, 0.4) is 0 Å². The molecule has 0 aromatic rings. The fourth-order valence-electron chi connectivity index (χ4n) is 3.27. The highest BCUT2D eigenvalue weighted by Gasteiger charge is 2.12. The average molecular weight is 298 g/mol. The van der Waals surface area contributed by atoms with Gasteiger partial charge in [-0.05, 0) is 84.8 Å². The van der Waals surface area contributed by atoms with Crippen molar-refractivity contribution in [2.24, 2.45) is 5.92 Å². The number of piperidine rings is 2. The zero-order valence-corrected chi connectivity index (χ0v) is 14.9. The maximum Gasteiger partial charge on any atom is 0.00412 e. The monoisotopic (exact) mass is 297 g/mol. The van der Waals surface area contributed by atoms with Crippen molar-refractivity contribution >= 4 is 0 Å². The van der Waals surface area contributed by atoms with E-state index in [0.717, 1.165) is 24.0 Å². The molecule has 0 aliphatic carbocycles. The highest BCUT2D eigenvalue weighted by Crippen LogP contribution is 2.13. The summed E-state index contributed by atoms with van der Waals surface area (Å²) in [5.41, 5.74) is 0. The smallest absolute Gasteiger partial charge is 0.00412 e. The lowest BCUT2D eigenvalue weighted by molar-refractivity contribution is 0.336. The molecule has 4 atom stereocenters. The van der Waals surface area contributed by atoms with Crippen molar-refractivity contribution in [3.8, 4) is 0 Å². The molecule has 0 aromatic carbocycles. The normalized spacial score (nSPS) is 36.0. The van der Waals surface area contributed by atoms with E-state index < -0.39 is 0 Å². The molecule has 0 spiro atoms. The van der Waals surface area contributed by atoms with E-state index >= 15 is 0 Å². The van der Waals surface area contributed by atoms with Gasteiger partial charge >= 0.3 is 0 Å². The minimum Gasteiger partial charge on any atom is -0.314 e. The molecule has 126 valence electrons. The molecule has 0 saturated carbocycles. The molecule has 3 heterocycles. The number of hydrogen-bond donors (Lipinski definition) is 3. The van der Waals surface area contributed by atoms with Gasteiger partial charge in [-0.2, -0.15) is 0 Å². The molecule has 3 saturated heterocycles. The molecule has 4 unspecified atom stereocenters. The molecular weight excluding hydrogens is 258 g/mol. The first-order valence-corrected chi connectivity index (χ1v) is 9.28. The molecule has 3 N–H and O–H groups in total. The maximum absolute atomic E-state index is 3.41. The van der Waals surface area contributed by atoms with Crippen molar-refractivity contribution in [1.29, 1.82) is 0 Å². The van der Waals surface area contributed by atoms with E-state index in [1.165, 1.54) is 64.6 Å². The van der Waals surface area contributed by atoms with Crippen LogP contribution in [0.4, 0.5) is 0 Å². The Morgan fingerprint density at radius 1 is 0.571 bits per heavy atom. The van der Waals surface area contributed by atoms with Crippen molar-refractivity contribution in [3.63, 3.8) is 0 Å². The van der Waals surface area contributed by atoms with Gasteiger partial charge in [-0.3, -0.25) is 0 Å². The van der Waals surface area contributed by atoms with E-state index in [2.05, 4.69) is 43.6 Å². The van der Waals surface area contributed by atoms with Gasteiger partial charge in [0.05, 0.1) is 0 Å². The van der Waals surface area contributed by atoms with Gasteiger partial charge in [-0.1, -0.05) is 13.3 Å². The highest BCUT2D eigenvalue weighted by atomic mass is 14.9. The third-order valence-corrected chi connectivity index (χ3v) is 4.75. The molecule has 3 fully saturated rings. The summed E-state index contributed by atoms with van der Waals surface area (Å²) in [6, 6.07) is 2.34. The average Bonchev–Trinajstić information content (AvgIpc) is 2.92. The summed E-state index contributed by atoms with van der Waals surface area (Å²) in [6.45, 7) is 12.8. The Balaban J connectivity index is 0.000000159. The van der Waals surface area contributed by atoms with Gasteiger partial charge in [-0.25, -0.2) is 0 Å². The molecule has 21 heavy (non-hydrogen) atoms. The summed E-state index contributed by atoms with van der Waals surface area (Å²) in [5, 5.41) is 10.1. The zero-order valence-electron chi connectivity index (χ0n) is 14.9. The second kappa shape index (κ2) is 11.4. The Kier molecular flexibility index (Phi) is 10.3. The van der Waals surface area contributed by atoms with Crippen LogP contribution in [0.5, 0.6) is 0 Å². The quantitative estimate of drug-likeness (QED) is 0.642. The largest absolute Gasteiger partial charge is 0.314 e. The molecule has 0 radical (unpaired) electrons. The molecule has 0 bridgehead atoms. The second-order valence-corrected chi connectivity index (χ2v) is 7.33. The Hall–Kier alpha value is -0.120. The van der Waals surface area contributed by atoms with E-state index in [0.29, 0.717) is 0 Å². The summed E-state index contributed by atoms with van der Waals surface area (Å²) in [5.74, 6) is 0.950. The van der Waals surface area contributed by atoms with Crippen LogP contribution in [0.2, 0.25) is 0 Å². The first-order chi connectivity index (χ1) is 10.1. The van der Waals surface area contributed by atoms with Crippen molar-refractivity contribution in [3.05, 3.63) is 0 Å². The zero-order chi connectivity index (χ0) is 15.5. The SMILES string of the molecule is CC1CCCCN1.CC1CCCN1.CC1CCNC(C)C1. The van der Waals surface area contributed by atoms with E-state index in [1.54, 1.807) is 0 Å². The van der Waals surface area contributed by atoms with Crippen molar-refractivity contribution in [2.45, 2.75) is 90.8 Å². The number of hydrogen-bond acceptors (Lipinski definition) is 3. The van der Waals surface area contributed by atoms with E-state index in [-0.39, 0.29) is 0 Å². The highest BCUT2D eigenvalue weighted by molar-refractivity contribution is 4.71. The lowest BCUT2D eigenvalue weighted by atomic mass is 9.96. The Morgan fingerprint density at radius 2 is 1.14 bits per heavy atom. The standard InChI is InChI=1S/C7H15N.C6H13N.C5H11N/c1-6-3-4-8-7(2)5-6;1-6-4-2-3-5-7-6;1-5-3-2-4-6-5/h6-8H,3-5H2,1-2H3;6-7H,2-5H2,1H3;5-6H,2-4H2,1H3. The lowest BCUT2D eigenvalue weighted by Crippen LogP contribution is -2.34. The molecule has 3 rings (SSSR count). The second-order valence-electron chi connectivity index (χ2n) is 7.33. The molecule has 3 heteroatoms. The molecule has 3 aliphatic heterocycles.